The van der Waals surface area contributed by atoms with Crippen LogP contribution in [0.25, 0.3) is 11.3 Å². The lowest BCUT2D eigenvalue weighted by Crippen LogP contribution is -2.11. The Balaban J connectivity index is 2.87. The Labute approximate surface area is 164 Å². The molecule has 0 fully saturated rings. The molecule has 1 aromatic heterocycles. The lowest BCUT2D eigenvalue weighted by molar-refractivity contribution is -0.141. The second kappa shape index (κ2) is 7.37. The number of aliphatic carboxylic acids is 1. The SMILES string of the molecule is O=C(O)Cc1ccc(C(F)(F)F)nc1-c1c(Cl)c(Cl)c(Cl)c(Cl)c1Cl. The summed E-state index contributed by atoms with van der Waals surface area (Å²) < 4.78 is 39.0. The van der Waals surface area contributed by atoms with Crippen LogP contribution in [-0.4, -0.2) is 16.1 Å². The quantitative estimate of drug-likeness (QED) is 0.418. The van der Waals surface area contributed by atoms with Crippen molar-refractivity contribution in [2.45, 2.75) is 12.6 Å². The van der Waals surface area contributed by atoms with Gasteiger partial charge >= 0.3 is 12.1 Å². The largest absolute Gasteiger partial charge is 0.481 e. The van der Waals surface area contributed by atoms with E-state index in [1.807, 2.05) is 0 Å². The van der Waals surface area contributed by atoms with E-state index in [0.29, 0.717) is 6.07 Å². The van der Waals surface area contributed by atoms with Crippen molar-refractivity contribution in [3.8, 4) is 11.3 Å². The molecule has 2 rings (SSSR count). The van der Waals surface area contributed by atoms with E-state index in [2.05, 4.69) is 4.98 Å². The Morgan fingerprint density at radius 1 is 0.960 bits per heavy atom. The number of benzene rings is 1. The van der Waals surface area contributed by atoms with Crippen molar-refractivity contribution in [1.82, 2.24) is 4.98 Å². The van der Waals surface area contributed by atoms with Crippen molar-refractivity contribution in [3.05, 3.63) is 48.5 Å². The minimum absolute atomic E-state index is 0.0567. The lowest BCUT2D eigenvalue weighted by atomic mass is 10.0. The average molecular weight is 453 g/mol. The molecule has 0 spiro atoms. The maximum atomic E-state index is 13.0. The number of carboxylic acids is 1. The van der Waals surface area contributed by atoms with Crippen LogP contribution in [0, 0.1) is 0 Å². The number of rotatable bonds is 3. The molecule has 0 aliphatic rings. The summed E-state index contributed by atoms with van der Waals surface area (Å²) in [7, 11) is 0. The van der Waals surface area contributed by atoms with Crippen LogP contribution in [0.1, 0.15) is 11.3 Å². The van der Waals surface area contributed by atoms with Crippen LogP contribution in [0.5, 0.6) is 0 Å². The van der Waals surface area contributed by atoms with Gasteiger partial charge in [-0.2, -0.15) is 13.2 Å². The fraction of sp³-hybridized carbons (Fsp3) is 0.143. The molecular formula is C14H5Cl5F3NO2. The summed E-state index contributed by atoms with van der Waals surface area (Å²) in [5.41, 5.74) is -1.94. The number of alkyl halides is 3. The predicted octanol–water partition coefficient (Wildman–Crippen LogP) is 6.66. The van der Waals surface area contributed by atoms with E-state index in [-0.39, 0.29) is 36.2 Å². The molecule has 1 aromatic carbocycles. The van der Waals surface area contributed by atoms with Crippen molar-refractivity contribution >= 4 is 64.0 Å². The summed E-state index contributed by atoms with van der Waals surface area (Å²) >= 11 is 29.8. The molecule has 0 unspecified atom stereocenters. The zero-order chi connectivity index (χ0) is 19.1. The fourth-order valence-corrected chi connectivity index (χ4v) is 3.30. The number of carboxylic acid groups (broad SMARTS) is 1. The highest BCUT2D eigenvalue weighted by molar-refractivity contribution is 6.56. The summed E-state index contributed by atoms with van der Waals surface area (Å²) in [6, 6.07) is 1.63. The molecule has 25 heavy (non-hydrogen) atoms. The molecule has 0 aliphatic carbocycles. The van der Waals surface area contributed by atoms with E-state index in [1.165, 1.54) is 0 Å². The van der Waals surface area contributed by atoms with Gasteiger partial charge in [0.05, 0.1) is 37.2 Å². The average Bonchev–Trinajstić information content (AvgIpc) is 2.51. The van der Waals surface area contributed by atoms with Gasteiger partial charge in [0.15, 0.2) is 0 Å². The van der Waals surface area contributed by atoms with E-state index in [9.17, 15) is 18.0 Å². The van der Waals surface area contributed by atoms with E-state index in [1.54, 1.807) is 0 Å². The molecule has 0 amide bonds. The Morgan fingerprint density at radius 3 is 1.88 bits per heavy atom. The third-order valence-corrected chi connectivity index (χ3v) is 5.33. The first kappa shape index (κ1) is 20.4. The molecule has 0 atom stereocenters. The molecule has 0 aliphatic heterocycles. The summed E-state index contributed by atoms with van der Waals surface area (Å²) in [6.07, 6.45) is -5.39. The van der Waals surface area contributed by atoms with Crippen molar-refractivity contribution in [1.29, 1.82) is 0 Å². The Morgan fingerprint density at radius 2 is 1.44 bits per heavy atom. The van der Waals surface area contributed by atoms with Gasteiger partial charge in [0.25, 0.3) is 0 Å². The normalized spacial score (nSPS) is 11.7. The van der Waals surface area contributed by atoms with Crippen molar-refractivity contribution in [2.75, 3.05) is 0 Å². The Hall–Kier alpha value is -0.920. The Bertz CT molecular complexity index is 842. The first-order chi connectivity index (χ1) is 11.4. The maximum absolute atomic E-state index is 13.0. The second-order valence-electron chi connectivity index (χ2n) is 4.72. The van der Waals surface area contributed by atoms with E-state index in [4.69, 9.17) is 63.1 Å². The minimum Gasteiger partial charge on any atom is -0.481 e. The third-order valence-electron chi connectivity index (χ3n) is 3.06. The van der Waals surface area contributed by atoms with E-state index in [0.717, 1.165) is 6.07 Å². The summed E-state index contributed by atoms with van der Waals surface area (Å²) in [4.78, 5) is 14.5. The van der Waals surface area contributed by atoms with Crippen LogP contribution in [0.3, 0.4) is 0 Å². The summed E-state index contributed by atoms with van der Waals surface area (Å²) in [5.74, 6) is -1.29. The van der Waals surface area contributed by atoms with Crippen LogP contribution < -0.4 is 0 Å². The van der Waals surface area contributed by atoms with Crippen LogP contribution in [0.2, 0.25) is 25.1 Å². The van der Waals surface area contributed by atoms with E-state index < -0.39 is 30.0 Å². The molecule has 0 bridgehead atoms. The van der Waals surface area contributed by atoms with Gasteiger partial charge in [0.2, 0.25) is 0 Å². The molecule has 11 heteroatoms. The third kappa shape index (κ3) is 4.09. The molecule has 1 N–H and O–H groups in total. The number of nitrogens with zero attached hydrogens (tertiary/aromatic N) is 1. The highest BCUT2D eigenvalue weighted by atomic mass is 35.5. The van der Waals surface area contributed by atoms with Gasteiger partial charge in [-0.3, -0.25) is 4.79 Å². The molecular weight excluding hydrogens is 448 g/mol. The number of hydrogen-bond donors (Lipinski definition) is 1. The number of aromatic nitrogens is 1. The molecule has 1 heterocycles. The van der Waals surface area contributed by atoms with Crippen molar-refractivity contribution in [3.63, 3.8) is 0 Å². The highest BCUT2D eigenvalue weighted by Crippen LogP contribution is 2.48. The summed E-state index contributed by atoms with van der Waals surface area (Å²) in [6.45, 7) is 0. The maximum Gasteiger partial charge on any atom is 0.433 e. The number of carbonyl (C=O) groups is 1. The predicted molar refractivity (Wildman–Crippen MR) is 91.1 cm³/mol. The van der Waals surface area contributed by atoms with Gasteiger partial charge in [0, 0.05) is 5.56 Å². The minimum atomic E-state index is -4.77. The monoisotopic (exact) mass is 451 g/mol. The molecule has 0 saturated heterocycles. The van der Waals surface area contributed by atoms with Gasteiger partial charge in [-0.15, -0.1) is 0 Å². The zero-order valence-electron chi connectivity index (χ0n) is 11.7. The molecule has 0 saturated carbocycles. The molecule has 2 aromatic rings. The molecule has 3 nitrogen and oxygen atoms in total. The smallest absolute Gasteiger partial charge is 0.433 e. The second-order valence-corrected chi connectivity index (χ2v) is 6.61. The standard InChI is InChI=1S/C14H5Cl5F3NO2/c15-8-7(9(16)11(18)12(19)10(8)17)13-4(3-6(24)25)1-2-5(23-13)14(20,21)22/h1-2H,3H2,(H,24,25). The van der Waals surface area contributed by atoms with Crippen LogP contribution in [0.4, 0.5) is 13.2 Å². The van der Waals surface area contributed by atoms with Gasteiger partial charge in [0.1, 0.15) is 5.69 Å². The van der Waals surface area contributed by atoms with Gasteiger partial charge < -0.3 is 5.11 Å². The van der Waals surface area contributed by atoms with Gasteiger partial charge in [-0.25, -0.2) is 4.98 Å². The first-order valence-corrected chi connectivity index (χ1v) is 8.14. The zero-order valence-corrected chi connectivity index (χ0v) is 15.5. The lowest BCUT2D eigenvalue weighted by Gasteiger charge is -2.16. The van der Waals surface area contributed by atoms with Gasteiger partial charge in [-0.1, -0.05) is 64.1 Å². The van der Waals surface area contributed by atoms with Crippen LogP contribution >= 0.6 is 58.0 Å². The first-order valence-electron chi connectivity index (χ1n) is 6.25. The number of hydrogen-bond acceptors (Lipinski definition) is 2. The number of halogens is 8. The van der Waals surface area contributed by atoms with Crippen molar-refractivity contribution < 1.29 is 23.1 Å². The van der Waals surface area contributed by atoms with Gasteiger partial charge in [-0.05, 0) is 11.6 Å². The fourth-order valence-electron chi connectivity index (χ4n) is 1.98. The number of pyridine rings is 1. The molecule has 0 radical (unpaired) electrons. The molecule has 134 valence electrons. The van der Waals surface area contributed by atoms with Crippen LogP contribution in [0.15, 0.2) is 12.1 Å². The highest BCUT2D eigenvalue weighted by Gasteiger charge is 2.34. The Kier molecular flexibility index (Phi) is 6.01. The van der Waals surface area contributed by atoms with Crippen LogP contribution in [-0.2, 0) is 17.4 Å². The topological polar surface area (TPSA) is 50.2 Å². The van der Waals surface area contributed by atoms with E-state index >= 15 is 0 Å². The summed E-state index contributed by atoms with van der Waals surface area (Å²) in [5, 5.41) is 7.71. The van der Waals surface area contributed by atoms with Crippen molar-refractivity contribution in [2.24, 2.45) is 0 Å².